The second-order valence-corrected chi connectivity index (χ2v) is 8.86. The Kier molecular flexibility index (Phi) is 8.50. The molecule has 0 saturated heterocycles. The number of carbonyl (C=O) groups is 2. The van der Waals surface area contributed by atoms with E-state index in [1.807, 2.05) is 77.9 Å². The van der Waals surface area contributed by atoms with Gasteiger partial charge in [0.05, 0.1) is 17.5 Å². The van der Waals surface area contributed by atoms with Crippen molar-refractivity contribution in [1.29, 1.82) is 0 Å². The highest BCUT2D eigenvalue weighted by Crippen LogP contribution is 2.20. The topological polar surface area (TPSA) is 67.2 Å². The molecule has 3 aromatic carbocycles. The molecule has 4 rings (SSSR count). The summed E-state index contributed by atoms with van der Waals surface area (Å²) in [6, 6.07) is 26.3. The van der Waals surface area contributed by atoms with Gasteiger partial charge in [-0.15, -0.1) is 0 Å². The van der Waals surface area contributed by atoms with Crippen LogP contribution in [-0.2, 0) is 29.0 Å². The van der Waals surface area contributed by atoms with E-state index in [1.54, 1.807) is 0 Å². The number of nitrogens with one attached hydrogen (secondary N) is 1. The molecule has 6 heteroatoms. The molecule has 0 radical (unpaired) electrons. The van der Waals surface area contributed by atoms with Gasteiger partial charge in [-0.25, -0.2) is 4.98 Å². The van der Waals surface area contributed by atoms with E-state index in [0.717, 1.165) is 34.4 Å². The Balaban J connectivity index is 1.31. The van der Waals surface area contributed by atoms with Crippen molar-refractivity contribution in [2.24, 2.45) is 0 Å². The molecular formula is C30H34N4O2. The predicted molar refractivity (Wildman–Crippen MR) is 145 cm³/mol. The molecule has 0 unspecified atom stereocenters. The maximum Gasteiger partial charge on any atom is 0.242 e. The summed E-state index contributed by atoms with van der Waals surface area (Å²) in [5.41, 5.74) is 5.16. The molecule has 0 aliphatic heterocycles. The van der Waals surface area contributed by atoms with Crippen LogP contribution in [0.15, 0.2) is 78.9 Å². The van der Waals surface area contributed by atoms with E-state index < -0.39 is 0 Å². The molecule has 1 heterocycles. The first-order valence-electron chi connectivity index (χ1n) is 12.7. The Labute approximate surface area is 213 Å². The van der Waals surface area contributed by atoms with E-state index in [0.29, 0.717) is 32.5 Å². The van der Waals surface area contributed by atoms with Crippen LogP contribution in [0.2, 0.25) is 0 Å². The van der Waals surface area contributed by atoms with E-state index in [4.69, 9.17) is 4.98 Å². The molecule has 1 N–H and O–H groups in total. The molecule has 36 heavy (non-hydrogen) atoms. The third-order valence-electron chi connectivity index (χ3n) is 6.47. The third kappa shape index (κ3) is 6.19. The van der Waals surface area contributed by atoms with Crippen LogP contribution in [0.1, 0.15) is 31.7 Å². The fourth-order valence-corrected chi connectivity index (χ4v) is 4.47. The van der Waals surface area contributed by atoms with Crippen molar-refractivity contribution in [2.75, 3.05) is 19.6 Å². The number of likely N-dealkylation sites (N-methyl/N-ethyl adjacent to an activating group) is 1. The van der Waals surface area contributed by atoms with Gasteiger partial charge in [0.1, 0.15) is 12.4 Å². The van der Waals surface area contributed by atoms with Crippen LogP contribution in [-0.4, -0.2) is 45.9 Å². The normalized spacial score (nSPS) is 10.9. The summed E-state index contributed by atoms with van der Waals surface area (Å²) in [5.74, 6) is 0.978. The van der Waals surface area contributed by atoms with Crippen molar-refractivity contribution >= 4 is 22.8 Å². The smallest absolute Gasteiger partial charge is 0.242 e. The number of imidazole rings is 1. The first-order valence-corrected chi connectivity index (χ1v) is 12.7. The highest BCUT2D eigenvalue weighted by Gasteiger charge is 2.16. The van der Waals surface area contributed by atoms with Gasteiger partial charge in [-0.3, -0.25) is 9.59 Å². The van der Waals surface area contributed by atoms with E-state index in [1.165, 1.54) is 5.56 Å². The molecule has 0 spiro atoms. The van der Waals surface area contributed by atoms with Gasteiger partial charge in [-0.2, -0.15) is 0 Å². The molecule has 0 bridgehead atoms. The minimum atomic E-state index is 0.00711. The molecule has 0 atom stereocenters. The molecule has 1 aromatic heterocycles. The number of aromatic nitrogens is 2. The second kappa shape index (κ2) is 12.2. The lowest BCUT2D eigenvalue weighted by atomic mass is 10.0. The summed E-state index contributed by atoms with van der Waals surface area (Å²) >= 11 is 0. The Hall–Kier alpha value is -3.93. The molecule has 0 saturated carbocycles. The standard InChI is InChI=1S/C30H34N4O2/c1-3-33(4-2)30(36)22-34-27-14-9-8-13-26(27)32-28(34)15-10-20-31-29(35)21-23-16-18-25(19-17-23)24-11-6-5-7-12-24/h5-9,11-14,16-19H,3-4,10,15,20-22H2,1-2H3,(H,31,35). The van der Waals surface area contributed by atoms with Crippen molar-refractivity contribution in [3.05, 3.63) is 90.3 Å². The highest BCUT2D eigenvalue weighted by molar-refractivity contribution is 5.81. The quantitative estimate of drug-likeness (QED) is 0.310. The van der Waals surface area contributed by atoms with Gasteiger partial charge in [-0.05, 0) is 49.1 Å². The van der Waals surface area contributed by atoms with E-state index in [2.05, 4.69) is 29.6 Å². The lowest BCUT2D eigenvalue weighted by Gasteiger charge is -2.20. The first-order chi connectivity index (χ1) is 17.6. The Morgan fingerprint density at radius 3 is 2.25 bits per heavy atom. The van der Waals surface area contributed by atoms with Crippen molar-refractivity contribution in [1.82, 2.24) is 19.8 Å². The SMILES string of the molecule is CCN(CC)C(=O)Cn1c(CCCNC(=O)Cc2ccc(-c3ccccc3)cc2)nc2ccccc21. The monoisotopic (exact) mass is 482 g/mol. The van der Waals surface area contributed by atoms with Crippen LogP contribution >= 0.6 is 0 Å². The van der Waals surface area contributed by atoms with Gasteiger partial charge in [0.2, 0.25) is 11.8 Å². The van der Waals surface area contributed by atoms with Crippen molar-refractivity contribution in [2.45, 2.75) is 39.7 Å². The number of aryl methyl sites for hydroxylation is 1. The molecule has 0 aliphatic carbocycles. The Morgan fingerprint density at radius 2 is 1.53 bits per heavy atom. The Morgan fingerprint density at radius 1 is 0.861 bits per heavy atom. The van der Waals surface area contributed by atoms with E-state index in [-0.39, 0.29) is 18.4 Å². The number of fused-ring (bicyclic) bond motifs is 1. The lowest BCUT2D eigenvalue weighted by Crippen LogP contribution is -2.33. The Bertz CT molecular complexity index is 1290. The number of rotatable bonds is 11. The molecule has 2 amide bonds. The van der Waals surface area contributed by atoms with Gasteiger partial charge in [0, 0.05) is 26.1 Å². The average Bonchev–Trinajstić information content (AvgIpc) is 3.25. The number of para-hydroxylation sites is 2. The zero-order chi connectivity index (χ0) is 25.3. The number of amides is 2. The lowest BCUT2D eigenvalue weighted by molar-refractivity contribution is -0.131. The van der Waals surface area contributed by atoms with Crippen molar-refractivity contribution < 1.29 is 9.59 Å². The van der Waals surface area contributed by atoms with Gasteiger partial charge < -0.3 is 14.8 Å². The number of nitrogens with zero attached hydrogens (tertiary/aromatic N) is 3. The van der Waals surface area contributed by atoms with Crippen molar-refractivity contribution in [3.63, 3.8) is 0 Å². The highest BCUT2D eigenvalue weighted by atomic mass is 16.2. The van der Waals surface area contributed by atoms with Crippen LogP contribution in [0.3, 0.4) is 0 Å². The second-order valence-electron chi connectivity index (χ2n) is 8.86. The predicted octanol–water partition coefficient (Wildman–Crippen LogP) is 4.86. The van der Waals surface area contributed by atoms with E-state index >= 15 is 0 Å². The number of benzene rings is 3. The fourth-order valence-electron chi connectivity index (χ4n) is 4.47. The number of hydrogen-bond donors (Lipinski definition) is 1. The summed E-state index contributed by atoms with van der Waals surface area (Å²) in [5, 5.41) is 3.03. The minimum Gasteiger partial charge on any atom is -0.356 e. The summed E-state index contributed by atoms with van der Waals surface area (Å²) in [6.07, 6.45) is 1.79. The van der Waals surface area contributed by atoms with Crippen LogP contribution in [0.25, 0.3) is 22.2 Å². The number of carbonyl (C=O) groups excluding carboxylic acids is 2. The van der Waals surface area contributed by atoms with Crippen LogP contribution in [0.4, 0.5) is 0 Å². The van der Waals surface area contributed by atoms with Crippen molar-refractivity contribution in [3.8, 4) is 11.1 Å². The van der Waals surface area contributed by atoms with Crippen LogP contribution in [0.5, 0.6) is 0 Å². The maximum atomic E-state index is 12.8. The summed E-state index contributed by atoms with van der Waals surface area (Å²) in [7, 11) is 0. The maximum absolute atomic E-state index is 12.8. The summed E-state index contributed by atoms with van der Waals surface area (Å²) < 4.78 is 2.02. The van der Waals surface area contributed by atoms with Crippen LogP contribution < -0.4 is 5.32 Å². The van der Waals surface area contributed by atoms with Gasteiger partial charge in [-0.1, -0.05) is 66.7 Å². The molecule has 4 aromatic rings. The zero-order valence-electron chi connectivity index (χ0n) is 21.1. The zero-order valence-corrected chi connectivity index (χ0v) is 21.1. The largest absolute Gasteiger partial charge is 0.356 e. The minimum absolute atomic E-state index is 0.00711. The summed E-state index contributed by atoms with van der Waals surface area (Å²) in [4.78, 5) is 31.9. The fraction of sp³-hybridized carbons (Fsp3) is 0.300. The molecule has 0 aliphatic rings. The molecule has 0 fully saturated rings. The molecule has 6 nitrogen and oxygen atoms in total. The molecule has 186 valence electrons. The van der Waals surface area contributed by atoms with E-state index in [9.17, 15) is 9.59 Å². The van der Waals surface area contributed by atoms with Gasteiger partial charge >= 0.3 is 0 Å². The van der Waals surface area contributed by atoms with Gasteiger partial charge in [0.25, 0.3) is 0 Å². The first kappa shape index (κ1) is 25.2. The third-order valence-corrected chi connectivity index (χ3v) is 6.47. The van der Waals surface area contributed by atoms with Crippen LogP contribution in [0, 0.1) is 0 Å². The molecular weight excluding hydrogens is 448 g/mol. The number of hydrogen-bond acceptors (Lipinski definition) is 3. The van der Waals surface area contributed by atoms with Gasteiger partial charge in [0.15, 0.2) is 0 Å². The summed E-state index contributed by atoms with van der Waals surface area (Å²) in [6.45, 7) is 6.22. The average molecular weight is 483 g/mol.